The molecule has 17 heavy (non-hydrogen) atoms. The molecule has 3 rings (SSSR count). The van der Waals surface area contributed by atoms with Gasteiger partial charge < -0.3 is 5.32 Å². The average molecular weight is 268 g/mol. The second-order valence-corrected chi connectivity index (χ2v) is 6.41. The highest BCUT2D eigenvalue weighted by Gasteiger charge is 2.43. The van der Waals surface area contributed by atoms with Gasteiger partial charge in [0.1, 0.15) is 0 Å². The van der Waals surface area contributed by atoms with Crippen LogP contribution in [0.2, 0.25) is 0 Å². The van der Waals surface area contributed by atoms with Gasteiger partial charge in [-0.3, -0.25) is 4.79 Å². The van der Waals surface area contributed by atoms with Crippen LogP contribution in [0.3, 0.4) is 0 Å². The molecule has 1 amide bonds. The van der Waals surface area contributed by atoms with Crippen LogP contribution < -0.4 is 5.32 Å². The van der Waals surface area contributed by atoms with Crippen LogP contribution in [0.4, 0.5) is 5.13 Å². The Morgan fingerprint density at radius 2 is 2.35 bits per heavy atom. The van der Waals surface area contributed by atoms with E-state index >= 15 is 0 Å². The number of thiol groups is 1. The summed E-state index contributed by atoms with van der Waals surface area (Å²) in [6.07, 6.45) is 5.36. The Balaban J connectivity index is 1.56. The Kier molecular flexibility index (Phi) is 2.91. The lowest BCUT2D eigenvalue weighted by molar-refractivity contribution is -0.117. The quantitative estimate of drug-likeness (QED) is 0.806. The molecule has 1 aromatic rings. The maximum atomic E-state index is 11.8. The second-order valence-electron chi connectivity index (χ2n) is 5.23. The van der Waals surface area contributed by atoms with Crippen molar-refractivity contribution in [3.8, 4) is 0 Å². The van der Waals surface area contributed by atoms with E-state index in [2.05, 4.69) is 28.3 Å². The SMILES string of the molecule is O=C(CC1(CS)CC1)Nc1nc(C2CC2)cs1. The smallest absolute Gasteiger partial charge is 0.226 e. The number of rotatable bonds is 5. The maximum absolute atomic E-state index is 11.8. The molecule has 1 heterocycles. The molecule has 5 heteroatoms. The summed E-state index contributed by atoms with van der Waals surface area (Å²) >= 11 is 5.85. The highest BCUT2D eigenvalue weighted by atomic mass is 32.1. The van der Waals surface area contributed by atoms with E-state index in [-0.39, 0.29) is 11.3 Å². The van der Waals surface area contributed by atoms with Gasteiger partial charge in [0.2, 0.25) is 5.91 Å². The summed E-state index contributed by atoms with van der Waals surface area (Å²) in [7, 11) is 0. The molecular formula is C12H16N2OS2. The predicted octanol–water partition coefficient (Wildman–Crippen LogP) is 3.06. The van der Waals surface area contributed by atoms with Crippen LogP contribution in [0.1, 0.15) is 43.7 Å². The zero-order chi connectivity index (χ0) is 11.9. The van der Waals surface area contributed by atoms with Crippen molar-refractivity contribution in [1.82, 2.24) is 4.98 Å². The number of hydrogen-bond donors (Lipinski definition) is 2. The number of hydrogen-bond acceptors (Lipinski definition) is 4. The fourth-order valence-corrected chi connectivity index (χ4v) is 3.22. The third-order valence-electron chi connectivity index (χ3n) is 3.59. The standard InChI is InChI=1S/C12H16N2OS2/c15-10(5-12(7-16)3-4-12)14-11-13-9(6-17-11)8-1-2-8/h6,8,16H,1-5,7H2,(H,13,14,15). The van der Waals surface area contributed by atoms with Crippen LogP contribution in [0.5, 0.6) is 0 Å². The highest BCUT2D eigenvalue weighted by Crippen LogP contribution is 2.49. The lowest BCUT2D eigenvalue weighted by atomic mass is 10.1. The van der Waals surface area contributed by atoms with E-state index in [9.17, 15) is 4.79 Å². The first-order valence-electron chi connectivity index (χ1n) is 6.07. The normalized spacial score (nSPS) is 21.2. The Morgan fingerprint density at radius 3 is 2.94 bits per heavy atom. The van der Waals surface area contributed by atoms with Gasteiger partial charge in [0, 0.05) is 17.7 Å². The molecule has 1 N–H and O–H groups in total. The number of carbonyl (C=O) groups is 1. The lowest BCUT2D eigenvalue weighted by Gasteiger charge is -2.10. The van der Waals surface area contributed by atoms with Crippen molar-refractivity contribution in [3.63, 3.8) is 0 Å². The predicted molar refractivity (Wildman–Crippen MR) is 72.9 cm³/mol. The van der Waals surface area contributed by atoms with Crippen LogP contribution >= 0.6 is 24.0 Å². The number of amides is 1. The van der Waals surface area contributed by atoms with Gasteiger partial charge in [-0.1, -0.05) is 0 Å². The van der Waals surface area contributed by atoms with Crippen molar-refractivity contribution >= 4 is 35.0 Å². The van der Waals surface area contributed by atoms with E-state index in [1.165, 1.54) is 24.2 Å². The van der Waals surface area contributed by atoms with Crippen molar-refractivity contribution in [2.75, 3.05) is 11.1 Å². The van der Waals surface area contributed by atoms with Crippen molar-refractivity contribution < 1.29 is 4.79 Å². The van der Waals surface area contributed by atoms with Gasteiger partial charge in [0.15, 0.2) is 5.13 Å². The minimum atomic E-state index is 0.0910. The molecule has 0 spiro atoms. The Labute approximate surface area is 110 Å². The number of nitrogens with zero attached hydrogens (tertiary/aromatic N) is 1. The third kappa shape index (κ3) is 2.65. The van der Waals surface area contributed by atoms with Gasteiger partial charge in [-0.05, 0) is 36.9 Å². The van der Waals surface area contributed by atoms with Crippen LogP contribution in [0, 0.1) is 5.41 Å². The fourth-order valence-electron chi connectivity index (χ4n) is 1.98. The minimum absolute atomic E-state index is 0.0910. The molecule has 0 unspecified atom stereocenters. The third-order valence-corrected chi connectivity index (χ3v) is 5.04. The first-order chi connectivity index (χ1) is 8.21. The van der Waals surface area contributed by atoms with Gasteiger partial charge >= 0.3 is 0 Å². The summed E-state index contributed by atoms with van der Waals surface area (Å²) in [6, 6.07) is 0. The molecule has 1 aromatic heterocycles. The molecule has 0 bridgehead atoms. The molecule has 2 aliphatic rings. The number of anilines is 1. The molecule has 0 aliphatic heterocycles. The van der Waals surface area contributed by atoms with Crippen molar-refractivity contribution in [1.29, 1.82) is 0 Å². The van der Waals surface area contributed by atoms with E-state index in [1.54, 1.807) is 0 Å². The number of aromatic nitrogens is 1. The summed E-state index contributed by atoms with van der Waals surface area (Å²) in [5.74, 6) is 1.56. The van der Waals surface area contributed by atoms with Crippen molar-refractivity contribution in [2.24, 2.45) is 5.41 Å². The van der Waals surface area contributed by atoms with E-state index in [0.29, 0.717) is 12.3 Å². The Bertz CT molecular complexity index is 435. The van der Waals surface area contributed by atoms with Gasteiger partial charge in [0.05, 0.1) is 5.69 Å². The average Bonchev–Trinajstić information content (AvgIpc) is 3.21. The summed E-state index contributed by atoms with van der Waals surface area (Å²) < 4.78 is 0. The molecule has 0 atom stereocenters. The fraction of sp³-hybridized carbons (Fsp3) is 0.667. The van der Waals surface area contributed by atoms with Gasteiger partial charge in [-0.15, -0.1) is 11.3 Å². The molecule has 0 saturated heterocycles. The monoisotopic (exact) mass is 268 g/mol. The summed E-state index contributed by atoms with van der Waals surface area (Å²) in [5, 5.41) is 5.73. The van der Waals surface area contributed by atoms with Gasteiger partial charge in [-0.2, -0.15) is 12.6 Å². The molecule has 2 aliphatic carbocycles. The van der Waals surface area contributed by atoms with E-state index in [1.807, 2.05) is 0 Å². The first kappa shape index (κ1) is 11.5. The van der Waals surface area contributed by atoms with E-state index in [0.717, 1.165) is 29.4 Å². The van der Waals surface area contributed by atoms with Crippen molar-refractivity contribution in [2.45, 2.75) is 38.0 Å². The minimum Gasteiger partial charge on any atom is -0.302 e. The molecule has 3 nitrogen and oxygen atoms in total. The van der Waals surface area contributed by atoms with Gasteiger partial charge in [-0.25, -0.2) is 4.98 Å². The summed E-state index contributed by atoms with van der Waals surface area (Å²) in [4.78, 5) is 16.3. The molecule has 92 valence electrons. The lowest BCUT2D eigenvalue weighted by Crippen LogP contribution is -2.18. The van der Waals surface area contributed by atoms with Crippen LogP contribution in [0.15, 0.2) is 5.38 Å². The zero-order valence-electron chi connectivity index (χ0n) is 9.61. The largest absolute Gasteiger partial charge is 0.302 e. The van der Waals surface area contributed by atoms with Crippen molar-refractivity contribution in [3.05, 3.63) is 11.1 Å². The molecule has 0 radical (unpaired) electrons. The topological polar surface area (TPSA) is 42.0 Å². The van der Waals surface area contributed by atoms with Crippen LogP contribution in [-0.2, 0) is 4.79 Å². The van der Waals surface area contributed by atoms with Crippen LogP contribution in [-0.4, -0.2) is 16.6 Å². The van der Waals surface area contributed by atoms with E-state index in [4.69, 9.17) is 0 Å². The number of nitrogens with one attached hydrogen (secondary N) is 1. The van der Waals surface area contributed by atoms with Gasteiger partial charge in [0.25, 0.3) is 0 Å². The Hall–Kier alpha value is -0.550. The maximum Gasteiger partial charge on any atom is 0.226 e. The number of thiazole rings is 1. The highest BCUT2D eigenvalue weighted by molar-refractivity contribution is 7.80. The summed E-state index contributed by atoms with van der Waals surface area (Å²) in [6.45, 7) is 0. The molecule has 2 saturated carbocycles. The molecule has 0 aromatic carbocycles. The molecular weight excluding hydrogens is 252 g/mol. The van der Waals surface area contributed by atoms with Crippen LogP contribution in [0.25, 0.3) is 0 Å². The number of carbonyl (C=O) groups excluding carboxylic acids is 1. The first-order valence-corrected chi connectivity index (χ1v) is 7.58. The second kappa shape index (κ2) is 4.28. The Morgan fingerprint density at radius 1 is 1.59 bits per heavy atom. The summed E-state index contributed by atoms with van der Waals surface area (Å²) in [5.41, 5.74) is 1.34. The zero-order valence-corrected chi connectivity index (χ0v) is 11.3. The van der Waals surface area contributed by atoms with E-state index < -0.39 is 0 Å². The molecule has 2 fully saturated rings.